The van der Waals surface area contributed by atoms with E-state index in [0.29, 0.717) is 19.1 Å². The monoisotopic (exact) mass is 234 g/mol. The third kappa shape index (κ3) is 2.39. The van der Waals surface area contributed by atoms with E-state index < -0.39 is 0 Å². The third-order valence-electron chi connectivity index (χ3n) is 2.61. The van der Waals surface area contributed by atoms with Crippen LogP contribution >= 0.6 is 0 Å². The number of fused-ring (bicyclic) bond motifs is 1. The van der Waals surface area contributed by atoms with Gasteiger partial charge in [0.25, 0.3) is 0 Å². The zero-order valence-electron chi connectivity index (χ0n) is 10.5. The van der Waals surface area contributed by atoms with Gasteiger partial charge in [0.2, 0.25) is 5.95 Å². The first-order chi connectivity index (χ1) is 8.03. The maximum atomic E-state index is 5.91. The van der Waals surface area contributed by atoms with Gasteiger partial charge >= 0.3 is 0 Å². The van der Waals surface area contributed by atoms with Crippen LogP contribution in [0.5, 0.6) is 0 Å². The molecule has 0 saturated heterocycles. The van der Waals surface area contributed by atoms with Crippen molar-refractivity contribution in [2.75, 3.05) is 12.3 Å². The van der Waals surface area contributed by atoms with Gasteiger partial charge in [0.1, 0.15) is 5.52 Å². The molecule has 0 unspecified atom stereocenters. The minimum absolute atomic E-state index is 0.284. The Kier molecular flexibility index (Phi) is 3.02. The summed E-state index contributed by atoms with van der Waals surface area (Å²) in [4.78, 5) is 8.59. The van der Waals surface area contributed by atoms with Crippen LogP contribution in [0.2, 0.25) is 0 Å². The van der Waals surface area contributed by atoms with Crippen LogP contribution in [-0.2, 0) is 11.3 Å². The highest BCUT2D eigenvalue weighted by Crippen LogP contribution is 2.20. The standard InChI is InChI=1S/C12H18N4O/c1-4-17-12(2,3)8-16-10-9(15-11(16)13)6-5-7-14-10/h5-7H,4,8H2,1-3H3,(H2,13,15). The Labute approximate surface area is 101 Å². The second-order valence-corrected chi connectivity index (χ2v) is 4.59. The van der Waals surface area contributed by atoms with Crippen LogP contribution in [0.25, 0.3) is 11.2 Å². The number of hydrogen-bond acceptors (Lipinski definition) is 4. The van der Waals surface area contributed by atoms with Crippen LogP contribution in [0.3, 0.4) is 0 Å². The lowest BCUT2D eigenvalue weighted by molar-refractivity contribution is -0.0213. The first kappa shape index (κ1) is 11.9. The van der Waals surface area contributed by atoms with E-state index in [-0.39, 0.29) is 5.60 Å². The summed E-state index contributed by atoms with van der Waals surface area (Å²) in [6.45, 7) is 7.36. The quantitative estimate of drug-likeness (QED) is 0.876. The lowest BCUT2D eigenvalue weighted by atomic mass is 10.1. The number of ether oxygens (including phenoxy) is 1. The summed E-state index contributed by atoms with van der Waals surface area (Å²) in [6.07, 6.45) is 1.74. The fraction of sp³-hybridized carbons (Fsp3) is 0.500. The van der Waals surface area contributed by atoms with Gasteiger partial charge in [-0.2, -0.15) is 0 Å². The molecule has 0 bridgehead atoms. The highest BCUT2D eigenvalue weighted by atomic mass is 16.5. The Balaban J connectivity index is 2.38. The Bertz CT molecular complexity index is 518. The van der Waals surface area contributed by atoms with Crippen molar-refractivity contribution in [2.45, 2.75) is 32.9 Å². The number of hydrogen-bond donors (Lipinski definition) is 1. The van der Waals surface area contributed by atoms with E-state index in [4.69, 9.17) is 10.5 Å². The van der Waals surface area contributed by atoms with Crippen molar-refractivity contribution in [1.29, 1.82) is 0 Å². The van der Waals surface area contributed by atoms with E-state index >= 15 is 0 Å². The molecule has 0 amide bonds. The normalized spacial score (nSPS) is 12.2. The van der Waals surface area contributed by atoms with Gasteiger partial charge in [0.05, 0.1) is 12.1 Å². The van der Waals surface area contributed by atoms with Crippen molar-refractivity contribution in [3.8, 4) is 0 Å². The van der Waals surface area contributed by atoms with E-state index in [9.17, 15) is 0 Å². The molecule has 0 saturated carbocycles. The average molecular weight is 234 g/mol. The summed E-state index contributed by atoms with van der Waals surface area (Å²) in [5.41, 5.74) is 7.25. The van der Waals surface area contributed by atoms with E-state index in [1.807, 2.05) is 37.5 Å². The molecule has 0 aliphatic carbocycles. The molecule has 2 N–H and O–H groups in total. The summed E-state index contributed by atoms with van der Waals surface area (Å²) in [7, 11) is 0. The zero-order valence-corrected chi connectivity index (χ0v) is 10.5. The maximum Gasteiger partial charge on any atom is 0.202 e. The lowest BCUT2D eigenvalue weighted by Crippen LogP contribution is -2.31. The molecule has 5 heteroatoms. The van der Waals surface area contributed by atoms with Gasteiger partial charge in [-0.05, 0) is 32.9 Å². The molecule has 0 atom stereocenters. The predicted octanol–water partition coefficient (Wildman–Crippen LogP) is 1.83. The second-order valence-electron chi connectivity index (χ2n) is 4.59. The number of anilines is 1. The van der Waals surface area contributed by atoms with Crippen LogP contribution in [0.1, 0.15) is 20.8 Å². The van der Waals surface area contributed by atoms with Crippen LogP contribution in [0.15, 0.2) is 18.3 Å². The second kappa shape index (κ2) is 4.33. The summed E-state index contributed by atoms with van der Waals surface area (Å²) in [5.74, 6) is 0.478. The van der Waals surface area contributed by atoms with Gasteiger partial charge in [0.15, 0.2) is 5.65 Å². The van der Waals surface area contributed by atoms with Gasteiger partial charge in [-0.3, -0.25) is 4.57 Å². The fourth-order valence-corrected chi connectivity index (χ4v) is 1.95. The molecule has 0 aliphatic heterocycles. The molecule has 17 heavy (non-hydrogen) atoms. The van der Waals surface area contributed by atoms with Crippen molar-refractivity contribution in [2.24, 2.45) is 0 Å². The minimum Gasteiger partial charge on any atom is -0.374 e. The zero-order chi connectivity index (χ0) is 12.5. The first-order valence-electron chi connectivity index (χ1n) is 5.74. The van der Waals surface area contributed by atoms with Gasteiger partial charge in [-0.15, -0.1) is 0 Å². The first-order valence-corrected chi connectivity index (χ1v) is 5.74. The van der Waals surface area contributed by atoms with E-state index in [0.717, 1.165) is 11.2 Å². The smallest absolute Gasteiger partial charge is 0.202 e. The Morgan fingerprint density at radius 2 is 2.24 bits per heavy atom. The lowest BCUT2D eigenvalue weighted by Gasteiger charge is -2.25. The number of aromatic nitrogens is 3. The number of nitrogens with two attached hydrogens (primary N) is 1. The van der Waals surface area contributed by atoms with Gasteiger partial charge in [-0.1, -0.05) is 0 Å². The van der Waals surface area contributed by atoms with Crippen molar-refractivity contribution in [3.05, 3.63) is 18.3 Å². The molecular formula is C12H18N4O. The predicted molar refractivity (Wildman–Crippen MR) is 67.6 cm³/mol. The summed E-state index contributed by atoms with van der Waals surface area (Å²) in [6, 6.07) is 3.76. The van der Waals surface area contributed by atoms with Gasteiger partial charge < -0.3 is 10.5 Å². The van der Waals surface area contributed by atoms with Crippen molar-refractivity contribution in [3.63, 3.8) is 0 Å². The summed E-state index contributed by atoms with van der Waals surface area (Å²) >= 11 is 0. The number of nitrogens with zero attached hydrogens (tertiary/aromatic N) is 3. The highest BCUT2D eigenvalue weighted by Gasteiger charge is 2.21. The molecule has 0 aliphatic rings. The highest BCUT2D eigenvalue weighted by molar-refractivity contribution is 5.73. The number of pyridine rings is 1. The molecule has 0 spiro atoms. The van der Waals surface area contributed by atoms with E-state index in [1.165, 1.54) is 0 Å². The van der Waals surface area contributed by atoms with E-state index in [2.05, 4.69) is 9.97 Å². The molecule has 0 aromatic carbocycles. The molecule has 0 radical (unpaired) electrons. The topological polar surface area (TPSA) is 66.0 Å². The molecule has 2 aromatic heterocycles. The Morgan fingerprint density at radius 3 is 2.94 bits per heavy atom. The number of imidazole rings is 1. The minimum atomic E-state index is -0.284. The van der Waals surface area contributed by atoms with Crippen molar-refractivity contribution >= 4 is 17.1 Å². The van der Waals surface area contributed by atoms with Crippen LogP contribution in [-0.4, -0.2) is 26.7 Å². The SMILES string of the molecule is CCOC(C)(C)Cn1c(N)nc2cccnc21. The molecule has 2 heterocycles. The largest absolute Gasteiger partial charge is 0.374 e. The van der Waals surface area contributed by atoms with Crippen LogP contribution in [0, 0.1) is 0 Å². The summed E-state index contributed by atoms with van der Waals surface area (Å²) < 4.78 is 7.57. The molecule has 2 rings (SSSR count). The van der Waals surface area contributed by atoms with Crippen molar-refractivity contribution in [1.82, 2.24) is 14.5 Å². The number of nitrogen functional groups attached to an aromatic ring is 1. The number of rotatable bonds is 4. The Morgan fingerprint density at radius 1 is 1.47 bits per heavy atom. The van der Waals surface area contributed by atoms with Crippen LogP contribution < -0.4 is 5.73 Å². The summed E-state index contributed by atoms with van der Waals surface area (Å²) in [5, 5.41) is 0. The third-order valence-corrected chi connectivity index (χ3v) is 2.61. The van der Waals surface area contributed by atoms with Crippen LogP contribution in [0.4, 0.5) is 5.95 Å². The fourth-order valence-electron chi connectivity index (χ4n) is 1.95. The van der Waals surface area contributed by atoms with Gasteiger partial charge in [-0.25, -0.2) is 9.97 Å². The molecule has 5 nitrogen and oxygen atoms in total. The van der Waals surface area contributed by atoms with Crippen molar-refractivity contribution < 1.29 is 4.74 Å². The van der Waals surface area contributed by atoms with E-state index in [1.54, 1.807) is 6.20 Å². The maximum absolute atomic E-state index is 5.91. The molecule has 0 fully saturated rings. The molecular weight excluding hydrogens is 216 g/mol. The average Bonchev–Trinajstić information content (AvgIpc) is 2.55. The Hall–Kier alpha value is -1.62. The molecule has 92 valence electrons. The molecule has 2 aromatic rings. The van der Waals surface area contributed by atoms with Gasteiger partial charge in [0, 0.05) is 12.8 Å².